The van der Waals surface area contributed by atoms with Crippen LogP contribution < -0.4 is 4.72 Å². The van der Waals surface area contributed by atoms with E-state index < -0.39 is 10.0 Å². The van der Waals surface area contributed by atoms with Crippen molar-refractivity contribution in [1.82, 2.24) is 14.3 Å². The molecule has 0 spiro atoms. The van der Waals surface area contributed by atoms with Gasteiger partial charge in [-0.2, -0.15) is 0 Å². The Hall–Kier alpha value is -1.18. The summed E-state index contributed by atoms with van der Waals surface area (Å²) < 4.78 is 28.8. The third-order valence-electron chi connectivity index (χ3n) is 3.21. The Morgan fingerprint density at radius 2 is 1.86 bits per heavy atom. The van der Waals surface area contributed by atoms with Gasteiger partial charge in [-0.05, 0) is 25.0 Å². The fourth-order valence-corrected chi connectivity index (χ4v) is 3.32. The Balaban J connectivity index is 2.09. The summed E-state index contributed by atoms with van der Waals surface area (Å²) >= 11 is 3.38. The standard InChI is InChI=1S/C14H18BrN3O2S/c1-3-18-10-14(17-11(18)2)21(19,20)16-9-13-6-4-12(8-15)5-7-13/h4-7,10,16H,3,8-9H2,1-2H3. The molecule has 0 fully saturated rings. The molecule has 2 aromatic rings. The highest BCUT2D eigenvalue weighted by atomic mass is 79.9. The topological polar surface area (TPSA) is 64.0 Å². The Morgan fingerprint density at radius 1 is 1.24 bits per heavy atom. The van der Waals surface area contributed by atoms with Crippen LogP contribution >= 0.6 is 15.9 Å². The summed E-state index contributed by atoms with van der Waals surface area (Å²) in [5.74, 6) is 0.694. The first-order chi connectivity index (χ1) is 9.96. The van der Waals surface area contributed by atoms with Gasteiger partial charge in [0.1, 0.15) is 5.82 Å². The minimum Gasteiger partial charge on any atom is -0.334 e. The zero-order valence-corrected chi connectivity index (χ0v) is 14.4. The number of benzene rings is 1. The van der Waals surface area contributed by atoms with Gasteiger partial charge in [-0.1, -0.05) is 40.2 Å². The minimum atomic E-state index is -3.58. The maximum Gasteiger partial charge on any atom is 0.259 e. The molecule has 0 saturated heterocycles. The van der Waals surface area contributed by atoms with E-state index in [9.17, 15) is 8.42 Å². The van der Waals surface area contributed by atoms with Gasteiger partial charge in [0, 0.05) is 24.6 Å². The van der Waals surface area contributed by atoms with Crippen LogP contribution in [0.3, 0.4) is 0 Å². The minimum absolute atomic E-state index is 0.0685. The second-order valence-electron chi connectivity index (χ2n) is 4.69. The third-order valence-corrected chi connectivity index (χ3v) is 5.13. The monoisotopic (exact) mass is 371 g/mol. The molecule has 1 aromatic carbocycles. The van der Waals surface area contributed by atoms with E-state index in [2.05, 4.69) is 25.6 Å². The van der Waals surface area contributed by atoms with Crippen molar-refractivity contribution in [3.05, 3.63) is 47.4 Å². The Labute approximate surface area is 133 Å². The molecule has 5 nitrogen and oxygen atoms in total. The van der Waals surface area contributed by atoms with E-state index in [-0.39, 0.29) is 11.6 Å². The molecule has 1 heterocycles. The number of aromatic nitrogens is 2. The van der Waals surface area contributed by atoms with Gasteiger partial charge >= 0.3 is 0 Å². The van der Waals surface area contributed by atoms with Crippen LogP contribution in [0.4, 0.5) is 0 Å². The van der Waals surface area contributed by atoms with Gasteiger partial charge < -0.3 is 4.57 Å². The highest BCUT2D eigenvalue weighted by Crippen LogP contribution is 2.11. The van der Waals surface area contributed by atoms with Crippen molar-refractivity contribution in [3.63, 3.8) is 0 Å². The van der Waals surface area contributed by atoms with Gasteiger partial charge in [0.25, 0.3) is 10.0 Å². The lowest BCUT2D eigenvalue weighted by Crippen LogP contribution is -2.23. The van der Waals surface area contributed by atoms with Crippen LogP contribution in [0.5, 0.6) is 0 Å². The fourth-order valence-electron chi connectivity index (χ4n) is 1.93. The molecule has 0 aliphatic heterocycles. The summed E-state index contributed by atoms with van der Waals surface area (Å²) in [5.41, 5.74) is 2.06. The van der Waals surface area contributed by atoms with E-state index in [0.717, 1.165) is 16.5 Å². The largest absolute Gasteiger partial charge is 0.334 e. The van der Waals surface area contributed by atoms with Gasteiger partial charge in [-0.25, -0.2) is 18.1 Å². The first-order valence-corrected chi connectivity index (χ1v) is 9.24. The molecule has 0 saturated carbocycles. The summed E-state index contributed by atoms with van der Waals surface area (Å²) in [5, 5.41) is 0.853. The zero-order chi connectivity index (χ0) is 15.5. The molecule has 0 atom stereocenters. The smallest absolute Gasteiger partial charge is 0.259 e. The highest BCUT2D eigenvalue weighted by Gasteiger charge is 2.18. The molecule has 114 valence electrons. The molecule has 21 heavy (non-hydrogen) atoms. The summed E-state index contributed by atoms with van der Waals surface area (Å²) in [7, 11) is -3.58. The summed E-state index contributed by atoms with van der Waals surface area (Å²) in [6.45, 7) is 4.69. The number of aryl methyl sites for hydroxylation is 2. The van der Waals surface area contributed by atoms with Gasteiger partial charge in [-0.15, -0.1) is 0 Å². The van der Waals surface area contributed by atoms with Gasteiger partial charge in [-0.3, -0.25) is 0 Å². The normalized spacial score (nSPS) is 11.8. The van der Waals surface area contributed by atoms with Gasteiger partial charge in [0.15, 0.2) is 5.03 Å². The molecule has 1 N–H and O–H groups in total. The maximum absolute atomic E-state index is 12.2. The van der Waals surface area contributed by atoms with E-state index in [1.54, 1.807) is 17.7 Å². The molecule has 0 radical (unpaired) electrons. The Morgan fingerprint density at radius 3 is 2.38 bits per heavy atom. The molecule has 2 rings (SSSR count). The average molecular weight is 372 g/mol. The van der Waals surface area contributed by atoms with Crippen molar-refractivity contribution in [3.8, 4) is 0 Å². The van der Waals surface area contributed by atoms with Crippen molar-refractivity contribution in [2.75, 3.05) is 0 Å². The van der Waals surface area contributed by atoms with E-state index >= 15 is 0 Å². The summed E-state index contributed by atoms with van der Waals surface area (Å²) in [6, 6.07) is 7.76. The van der Waals surface area contributed by atoms with Crippen LogP contribution in [-0.2, 0) is 28.4 Å². The number of imidazole rings is 1. The van der Waals surface area contributed by atoms with Crippen molar-refractivity contribution >= 4 is 26.0 Å². The predicted molar refractivity (Wildman–Crippen MR) is 85.7 cm³/mol. The molecular weight excluding hydrogens is 354 g/mol. The molecule has 0 unspecified atom stereocenters. The van der Waals surface area contributed by atoms with E-state index in [1.807, 2.05) is 31.2 Å². The fraction of sp³-hybridized carbons (Fsp3) is 0.357. The average Bonchev–Trinajstić information content (AvgIpc) is 2.88. The number of sulfonamides is 1. The number of rotatable bonds is 6. The molecule has 0 aliphatic carbocycles. The second kappa shape index (κ2) is 6.72. The molecular formula is C14H18BrN3O2S. The lowest BCUT2D eigenvalue weighted by Gasteiger charge is -2.05. The SMILES string of the molecule is CCn1cc(S(=O)(=O)NCc2ccc(CBr)cc2)nc1C. The first kappa shape index (κ1) is 16.2. The lowest BCUT2D eigenvalue weighted by atomic mass is 10.2. The number of nitrogens with one attached hydrogen (secondary N) is 1. The van der Waals surface area contributed by atoms with Crippen LogP contribution in [0.15, 0.2) is 35.5 Å². The lowest BCUT2D eigenvalue weighted by molar-refractivity contribution is 0.577. The first-order valence-electron chi connectivity index (χ1n) is 6.63. The maximum atomic E-state index is 12.2. The van der Waals surface area contributed by atoms with Gasteiger partial charge in [0.05, 0.1) is 0 Å². The highest BCUT2D eigenvalue weighted by molar-refractivity contribution is 9.08. The molecule has 1 aromatic heterocycles. The quantitative estimate of drug-likeness (QED) is 0.793. The van der Waals surface area contributed by atoms with E-state index in [4.69, 9.17) is 0 Å². The second-order valence-corrected chi connectivity index (χ2v) is 6.96. The Bertz CT molecular complexity index is 708. The number of hydrogen-bond acceptors (Lipinski definition) is 3. The number of nitrogens with zero attached hydrogens (tertiary/aromatic N) is 2. The van der Waals surface area contributed by atoms with Crippen molar-refractivity contribution in [2.24, 2.45) is 0 Å². The van der Waals surface area contributed by atoms with E-state index in [1.165, 1.54) is 0 Å². The third kappa shape index (κ3) is 3.93. The number of hydrogen-bond donors (Lipinski definition) is 1. The predicted octanol–water partition coefficient (Wildman–Crippen LogP) is 2.58. The molecule has 0 amide bonds. The summed E-state index contributed by atoms with van der Waals surface area (Å²) in [6.07, 6.45) is 1.56. The van der Waals surface area contributed by atoms with Crippen LogP contribution in [0.25, 0.3) is 0 Å². The van der Waals surface area contributed by atoms with Crippen molar-refractivity contribution in [1.29, 1.82) is 0 Å². The van der Waals surface area contributed by atoms with E-state index in [0.29, 0.717) is 12.4 Å². The van der Waals surface area contributed by atoms with Gasteiger partial charge in [0.2, 0.25) is 0 Å². The number of alkyl halides is 1. The van der Waals surface area contributed by atoms with Crippen LogP contribution in [0.1, 0.15) is 23.9 Å². The molecule has 0 aliphatic rings. The Kier molecular flexibility index (Phi) is 5.18. The number of halogens is 1. The van der Waals surface area contributed by atoms with Crippen molar-refractivity contribution < 1.29 is 8.42 Å². The van der Waals surface area contributed by atoms with Crippen LogP contribution in [0.2, 0.25) is 0 Å². The molecule has 0 bridgehead atoms. The zero-order valence-electron chi connectivity index (χ0n) is 12.0. The van der Waals surface area contributed by atoms with Crippen molar-refractivity contribution in [2.45, 2.75) is 37.3 Å². The summed E-state index contributed by atoms with van der Waals surface area (Å²) in [4.78, 5) is 4.10. The van der Waals surface area contributed by atoms with Crippen LogP contribution in [-0.4, -0.2) is 18.0 Å². The van der Waals surface area contributed by atoms with Crippen LogP contribution in [0, 0.1) is 6.92 Å². The molecule has 7 heteroatoms.